The van der Waals surface area contributed by atoms with Gasteiger partial charge in [0.25, 0.3) is 11.1 Å². The minimum atomic E-state index is -0.556. The molecule has 9 heteroatoms. The van der Waals surface area contributed by atoms with Crippen molar-refractivity contribution in [1.29, 1.82) is 0 Å². The van der Waals surface area contributed by atoms with E-state index in [4.69, 9.17) is 9.15 Å². The monoisotopic (exact) mass is 393 g/mol. The summed E-state index contributed by atoms with van der Waals surface area (Å²) in [5.41, 5.74) is 1.35. The number of fused-ring (bicyclic) bond motifs is 1. The fraction of sp³-hybridized carbons (Fsp3) is 0.444. The molecule has 0 aliphatic carbocycles. The summed E-state index contributed by atoms with van der Waals surface area (Å²) >= 11 is 1.10. The molecule has 0 aliphatic heterocycles. The zero-order valence-corrected chi connectivity index (χ0v) is 16.5. The van der Waals surface area contributed by atoms with Gasteiger partial charge in [-0.3, -0.25) is 14.4 Å². The minimum Gasteiger partial charge on any atom is -0.455 e. The molecule has 0 spiro atoms. The maximum atomic E-state index is 12.0. The van der Waals surface area contributed by atoms with Crippen molar-refractivity contribution in [2.45, 2.75) is 19.1 Å². The van der Waals surface area contributed by atoms with Gasteiger partial charge in [0.15, 0.2) is 12.2 Å². The summed E-state index contributed by atoms with van der Waals surface area (Å²) < 4.78 is 10.5. The molecule has 0 atom stereocenters. The van der Waals surface area contributed by atoms with E-state index in [0.717, 1.165) is 11.8 Å². The number of oxazole rings is 1. The van der Waals surface area contributed by atoms with Crippen LogP contribution in [0, 0.1) is 0 Å². The first kappa shape index (κ1) is 20.8. The number of thioether (sulfide) groups is 1. The summed E-state index contributed by atoms with van der Waals surface area (Å²) in [6, 6.07) is 7.29. The molecule has 27 heavy (non-hydrogen) atoms. The molecule has 2 amide bonds. The number of benzene rings is 1. The third-order valence-electron chi connectivity index (χ3n) is 3.86. The normalized spacial score (nSPS) is 10.6. The first-order chi connectivity index (χ1) is 12.9. The third kappa shape index (κ3) is 5.99. The van der Waals surface area contributed by atoms with Crippen LogP contribution in [0.15, 0.2) is 33.9 Å². The summed E-state index contributed by atoms with van der Waals surface area (Å²) in [6.45, 7) is 4.46. The van der Waals surface area contributed by atoms with Crippen LogP contribution in [0.3, 0.4) is 0 Å². The molecule has 0 saturated carbocycles. The maximum Gasteiger partial charge on any atom is 0.316 e. The smallest absolute Gasteiger partial charge is 0.316 e. The zero-order chi connectivity index (χ0) is 19.8. The lowest BCUT2D eigenvalue weighted by Crippen LogP contribution is -2.42. The second kappa shape index (κ2) is 9.96. The van der Waals surface area contributed by atoms with Gasteiger partial charge in [0, 0.05) is 20.1 Å². The van der Waals surface area contributed by atoms with Crippen molar-refractivity contribution in [3.05, 3.63) is 24.3 Å². The molecule has 8 nitrogen and oxygen atoms in total. The number of amides is 2. The highest BCUT2D eigenvalue weighted by Gasteiger charge is 2.18. The Hall–Kier alpha value is -2.55. The molecule has 0 aliphatic rings. The van der Waals surface area contributed by atoms with Gasteiger partial charge in [0.2, 0.25) is 5.91 Å². The van der Waals surface area contributed by atoms with E-state index in [0.29, 0.717) is 29.4 Å². The number of nitrogens with zero attached hydrogens (tertiary/aromatic N) is 3. The highest BCUT2D eigenvalue weighted by molar-refractivity contribution is 7.99. The number of carbonyl (C=O) groups is 3. The molecule has 1 aromatic carbocycles. The van der Waals surface area contributed by atoms with Crippen molar-refractivity contribution < 1.29 is 23.5 Å². The van der Waals surface area contributed by atoms with Crippen molar-refractivity contribution in [3.8, 4) is 0 Å². The number of hydrogen-bond donors (Lipinski definition) is 0. The summed E-state index contributed by atoms with van der Waals surface area (Å²) in [7, 11) is 1.50. The summed E-state index contributed by atoms with van der Waals surface area (Å²) in [4.78, 5) is 43.0. The van der Waals surface area contributed by atoms with Gasteiger partial charge in [-0.25, -0.2) is 4.98 Å². The van der Waals surface area contributed by atoms with E-state index in [1.165, 1.54) is 11.9 Å². The molecule has 1 aromatic heterocycles. The highest BCUT2D eigenvalue weighted by Crippen LogP contribution is 2.23. The fourth-order valence-corrected chi connectivity index (χ4v) is 2.93. The van der Waals surface area contributed by atoms with Crippen molar-refractivity contribution in [2.75, 3.05) is 39.0 Å². The average molecular weight is 393 g/mol. The second-order valence-corrected chi connectivity index (χ2v) is 6.64. The van der Waals surface area contributed by atoms with Crippen LogP contribution in [0.1, 0.15) is 13.8 Å². The van der Waals surface area contributed by atoms with Crippen LogP contribution in [-0.4, -0.2) is 71.6 Å². The van der Waals surface area contributed by atoms with E-state index < -0.39 is 18.5 Å². The Labute approximate surface area is 161 Å². The molecule has 2 aromatic rings. The first-order valence-electron chi connectivity index (χ1n) is 8.60. The quantitative estimate of drug-likeness (QED) is 0.474. The Morgan fingerprint density at radius 3 is 2.52 bits per heavy atom. The number of ether oxygens (including phenoxy) is 1. The molecule has 0 bridgehead atoms. The number of para-hydroxylation sites is 2. The average Bonchev–Trinajstić information content (AvgIpc) is 3.08. The summed E-state index contributed by atoms with van der Waals surface area (Å²) in [5, 5.41) is 0.362. The Balaban J connectivity index is 1.74. The Kier molecular flexibility index (Phi) is 7.66. The van der Waals surface area contributed by atoms with Gasteiger partial charge in [0.05, 0.1) is 6.54 Å². The van der Waals surface area contributed by atoms with Crippen LogP contribution in [-0.2, 0) is 19.1 Å². The molecule has 0 saturated heterocycles. The Morgan fingerprint density at radius 2 is 1.85 bits per heavy atom. The molecular formula is C18H23N3O5S. The third-order valence-corrected chi connectivity index (χ3v) is 4.66. The van der Waals surface area contributed by atoms with Crippen LogP contribution >= 0.6 is 11.8 Å². The molecule has 2 rings (SSSR count). The van der Waals surface area contributed by atoms with Crippen molar-refractivity contribution in [2.24, 2.45) is 0 Å². The maximum absolute atomic E-state index is 12.0. The zero-order valence-electron chi connectivity index (χ0n) is 15.6. The Bertz CT molecular complexity index is 770. The molecule has 1 heterocycles. The lowest BCUT2D eigenvalue weighted by Gasteiger charge is -2.23. The first-order valence-corrected chi connectivity index (χ1v) is 9.58. The van der Waals surface area contributed by atoms with Crippen molar-refractivity contribution >= 4 is 40.6 Å². The SMILES string of the molecule is CCN(CC)C(=O)CN(C)C(=O)COC(=O)CSc1nc2ccccc2o1. The molecule has 146 valence electrons. The molecular weight excluding hydrogens is 370 g/mol. The van der Waals surface area contributed by atoms with Crippen LogP contribution in [0.2, 0.25) is 0 Å². The largest absolute Gasteiger partial charge is 0.455 e. The second-order valence-electron chi connectivity index (χ2n) is 5.71. The molecule has 0 N–H and O–H groups in total. The summed E-state index contributed by atoms with van der Waals surface area (Å²) in [5.74, 6) is -1.16. The van der Waals surface area contributed by atoms with E-state index in [9.17, 15) is 14.4 Å². The van der Waals surface area contributed by atoms with Crippen LogP contribution in [0.4, 0.5) is 0 Å². The van der Waals surface area contributed by atoms with E-state index in [2.05, 4.69) is 4.98 Å². The highest BCUT2D eigenvalue weighted by atomic mass is 32.2. The van der Waals surface area contributed by atoms with Gasteiger partial charge in [-0.15, -0.1) is 0 Å². The van der Waals surface area contributed by atoms with Gasteiger partial charge in [-0.1, -0.05) is 23.9 Å². The predicted molar refractivity (Wildman–Crippen MR) is 101 cm³/mol. The van der Waals surface area contributed by atoms with Crippen LogP contribution in [0.5, 0.6) is 0 Å². The number of likely N-dealkylation sites (N-methyl/N-ethyl adjacent to an activating group) is 2. The lowest BCUT2D eigenvalue weighted by atomic mass is 10.3. The molecule has 0 unspecified atom stereocenters. The molecule has 0 radical (unpaired) electrons. The predicted octanol–water partition coefficient (Wildman–Crippen LogP) is 1.79. The number of aromatic nitrogens is 1. The number of rotatable bonds is 9. The molecule has 0 fully saturated rings. The van der Waals surface area contributed by atoms with Gasteiger partial charge in [-0.05, 0) is 26.0 Å². The standard InChI is InChI=1S/C18H23N3O5S/c1-4-21(5-2)15(22)10-20(3)16(23)11-25-17(24)12-27-18-19-13-8-6-7-9-14(13)26-18/h6-9H,4-5,10-12H2,1-3H3. The summed E-state index contributed by atoms with van der Waals surface area (Å²) in [6.07, 6.45) is 0. The van der Waals surface area contributed by atoms with Crippen molar-refractivity contribution in [3.63, 3.8) is 0 Å². The number of esters is 1. The lowest BCUT2D eigenvalue weighted by molar-refractivity contribution is -0.150. The van der Waals surface area contributed by atoms with Crippen LogP contribution in [0.25, 0.3) is 11.1 Å². The topological polar surface area (TPSA) is 93.0 Å². The Morgan fingerprint density at radius 1 is 1.15 bits per heavy atom. The van der Waals surface area contributed by atoms with Crippen molar-refractivity contribution in [1.82, 2.24) is 14.8 Å². The van der Waals surface area contributed by atoms with E-state index >= 15 is 0 Å². The van der Waals surface area contributed by atoms with Crippen LogP contribution < -0.4 is 0 Å². The van der Waals surface area contributed by atoms with Gasteiger partial charge in [-0.2, -0.15) is 0 Å². The van der Waals surface area contributed by atoms with Gasteiger partial charge in [0.1, 0.15) is 11.3 Å². The minimum absolute atomic E-state index is 0.0256. The number of hydrogen-bond acceptors (Lipinski definition) is 7. The van der Waals surface area contributed by atoms with E-state index in [-0.39, 0.29) is 18.2 Å². The van der Waals surface area contributed by atoms with E-state index in [1.807, 2.05) is 32.0 Å². The van der Waals surface area contributed by atoms with E-state index in [1.54, 1.807) is 11.0 Å². The number of carbonyl (C=O) groups excluding carboxylic acids is 3. The van der Waals surface area contributed by atoms with Gasteiger partial charge >= 0.3 is 5.97 Å². The van der Waals surface area contributed by atoms with Gasteiger partial charge < -0.3 is 19.0 Å². The fourth-order valence-electron chi connectivity index (χ4n) is 2.29.